The van der Waals surface area contributed by atoms with Crippen molar-refractivity contribution in [2.24, 2.45) is 0 Å². The van der Waals surface area contributed by atoms with Crippen molar-refractivity contribution < 1.29 is 97.3 Å². The van der Waals surface area contributed by atoms with Gasteiger partial charge in [0.2, 0.25) is 0 Å². The lowest BCUT2D eigenvalue weighted by Gasteiger charge is -2.22. The number of alkyl halides is 3. The summed E-state index contributed by atoms with van der Waals surface area (Å²) in [6.07, 6.45) is -14.1. The molecule has 0 saturated carbocycles. The normalized spacial score (nSPS) is 28.2. The summed E-state index contributed by atoms with van der Waals surface area (Å²) in [7, 11) is -22.1. The number of hydrogen-bond donors (Lipinski definition) is 7. The SMILES string of the molecule is CSCCNc1nc(SCCC(F)(F)F)nc2c1ncn2[C@@H]1O[C@H](COP(=O)(O)OP(=O)(O)OP(=O)(O)O[PH](=O)OC[C@H]2O[C@@H](n3ccc(=O)[nH]c3=O)[C@@H]3OC(c4ccccc4)O[C@@H]32)[C@@H](O)[C@H]1O. The lowest BCUT2D eigenvalue weighted by atomic mass is 10.1. The second-order valence-corrected chi connectivity index (χ2v) is 22.3. The molecule has 7 N–H and O–H groups in total. The monoisotopic (exact) mass is 1090 g/mol. The molecule has 0 aliphatic carbocycles. The van der Waals surface area contributed by atoms with Crippen molar-refractivity contribution in [3.63, 3.8) is 0 Å². The van der Waals surface area contributed by atoms with E-state index in [4.69, 9.17) is 23.5 Å². The summed E-state index contributed by atoms with van der Waals surface area (Å²) in [6.45, 7) is -1.54. The zero-order valence-electron chi connectivity index (χ0n) is 34.4. The molecule has 0 amide bonds. The van der Waals surface area contributed by atoms with Crippen LogP contribution in [-0.2, 0) is 59.2 Å². The summed E-state index contributed by atoms with van der Waals surface area (Å²) in [6, 6.07) is 9.55. The number of phosphoric ester groups is 1. The number of nitrogens with one attached hydrogen (secondary N) is 2. The summed E-state index contributed by atoms with van der Waals surface area (Å²) in [5, 5.41) is 24.6. The molecule has 68 heavy (non-hydrogen) atoms. The zero-order chi connectivity index (χ0) is 49.2. The summed E-state index contributed by atoms with van der Waals surface area (Å²) in [5.74, 6) is 0.313. The Morgan fingerprint density at radius 3 is 2.29 bits per heavy atom. The van der Waals surface area contributed by atoms with Crippen molar-refractivity contribution in [3.8, 4) is 0 Å². The van der Waals surface area contributed by atoms with Crippen molar-refractivity contribution >= 4 is 72.2 Å². The van der Waals surface area contributed by atoms with Gasteiger partial charge in [0.05, 0.1) is 26.0 Å². The number of aliphatic hydroxyl groups is 2. The average molecular weight is 1090 g/mol. The molecule has 4 aromatic rings. The number of aromatic amines is 1. The smallest absolute Gasteiger partial charge is 0.387 e. The van der Waals surface area contributed by atoms with Crippen LogP contribution < -0.4 is 16.6 Å². The van der Waals surface area contributed by atoms with E-state index in [2.05, 4.69) is 42.7 Å². The van der Waals surface area contributed by atoms with Crippen molar-refractivity contribution in [1.82, 2.24) is 29.1 Å². The second kappa shape index (κ2) is 21.8. The quantitative estimate of drug-likeness (QED) is 0.0257. The number of aromatic nitrogens is 6. The fourth-order valence-electron chi connectivity index (χ4n) is 6.74. The van der Waals surface area contributed by atoms with Gasteiger partial charge in [0.25, 0.3) is 5.56 Å². The van der Waals surface area contributed by atoms with Gasteiger partial charge in [-0.05, 0) is 6.26 Å². The Morgan fingerprint density at radius 1 is 0.882 bits per heavy atom. The molecule has 0 bridgehead atoms. The fourth-order valence-corrected chi connectivity index (χ4v) is 12.6. The van der Waals surface area contributed by atoms with Crippen LogP contribution in [-0.4, -0.2) is 134 Å². The van der Waals surface area contributed by atoms with Gasteiger partial charge < -0.3 is 53.7 Å². The average Bonchev–Trinajstić information content (AvgIpc) is 4.01. The minimum Gasteiger partial charge on any atom is -0.387 e. The van der Waals surface area contributed by atoms with Crippen LogP contribution in [0, 0.1) is 0 Å². The molecule has 3 aromatic heterocycles. The van der Waals surface area contributed by atoms with Gasteiger partial charge in [-0.15, -0.1) is 0 Å². The molecule has 27 nitrogen and oxygen atoms in total. The van der Waals surface area contributed by atoms with Crippen LogP contribution in [0.15, 0.2) is 63.7 Å². The summed E-state index contributed by atoms with van der Waals surface area (Å²) < 4.78 is 137. The molecule has 3 aliphatic heterocycles. The van der Waals surface area contributed by atoms with Crippen LogP contribution >= 0.6 is 55.2 Å². The molecule has 3 fully saturated rings. The number of aliphatic hydroxyl groups excluding tert-OH is 2. The number of anilines is 1. The molecular weight excluding hydrogens is 1050 g/mol. The van der Waals surface area contributed by atoms with Crippen LogP contribution in [0.25, 0.3) is 11.2 Å². The van der Waals surface area contributed by atoms with Gasteiger partial charge in [0.15, 0.2) is 40.9 Å². The third-order valence-corrected chi connectivity index (χ3v) is 16.8. The van der Waals surface area contributed by atoms with Gasteiger partial charge in [-0.25, -0.2) is 37.8 Å². The molecule has 0 radical (unpaired) electrons. The maximum absolute atomic E-state index is 12.9. The number of H-pyrrole nitrogens is 1. The molecule has 1 aromatic carbocycles. The highest BCUT2D eigenvalue weighted by atomic mass is 32.2. The second-order valence-electron chi connectivity index (χ2n) is 14.4. The van der Waals surface area contributed by atoms with E-state index < -0.39 is 130 Å². The molecule has 3 saturated heterocycles. The molecule has 376 valence electrons. The van der Waals surface area contributed by atoms with E-state index in [0.717, 1.165) is 27.7 Å². The van der Waals surface area contributed by atoms with Gasteiger partial charge >= 0.3 is 43.6 Å². The predicted octanol–water partition coefficient (Wildman–Crippen LogP) is 2.97. The van der Waals surface area contributed by atoms with Gasteiger partial charge in [-0.3, -0.25) is 28.0 Å². The zero-order valence-corrected chi connectivity index (χ0v) is 39.8. The lowest BCUT2D eigenvalue weighted by molar-refractivity contribution is -0.153. The Balaban J connectivity index is 0.939. The number of phosphoric acid groups is 3. The van der Waals surface area contributed by atoms with Crippen molar-refractivity contribution in [1.29, 1.82) is 0 Å². The van der Waals surface area contributed by atoms with E-state index in [1.165, 1.54) is 11.8 Å². The topological polar surface area (TPSA) is 363 Å². The molecule has 7 rings (SSSR count). The van der Waals surface area contributed by atoms with Crippen molar-refractivity contribution in [2.45, 2.75) is 73.1 Å². The van der Waals surface area contributed by atoms with E-state index in [9.17, 15) is 65.9 Å². The van der Waals surface area contributed by atoms with Crippen LogP contribution in [0.1, 0.15) is 30.7 Å². The number of benzene rings is 1. The van der Waals surface area contributed by atoms with Crippen LogP contribution in [0.3, 0.4) is 0 Å². The lowest BCUT2D eigenvalue weighted by Crippen LogP contribution is -2.36. The first-order valence-corrected chi connectivity index (χ1v) is 27.5. The number of nitrogens with zero attached hydrogens (tertiary/aromatic N) is 5. The van der Waals surface area contributed by atoms with Gasteiger partial charge in [-0.1, -0.05) is 42.1 Å². The third kappa shape index (κ3) is 13.3. The van der Waals surface area contributed by atoms with Crippen molar-refractivity contribution in [3.05, 3.63) is 75.3 Å². The molecule has 13 atom stereocenters. The molecule has 36 heteroatoms. The van der Waals surface area contributed by atoms with Crippen LogP contribution in [0.4, 0.5) is 19.0 Å². The summed E-state index contributed by atoms with van der Waals surface area (Å²) in [4.78, 5) is 69.6. The number of ether oxygens (including phenoxy) is 4. The number of thioether (sulfide) groups is 2. The van der Waals surface area contributed by atoms with E-state index in [-0.39, 0.29) is 22.1 Å². The Labute approximate surface area is 388 Å². The molecule has 6 heterocycles. The first-order chi connectivity index (χ1) is 32.0. The van der Waals surface area contributed by atoms with Gasteiger partial charge in [0.1, 0.15) is 36.6 Å². The number of halogens is 3. The Hall–Kier alpha value is -2.90. The number of hydrogen-bond acceptors (Lipinski definition) is 23. The van der Waals surface area contributed by atoms with E-state index in [1.54, 1.807) is 30.3 Å². The standard InChI is InChI=1S/C32H40F3N7O20P4S2/c1-67-12-9-36-25-20-26(40-30(39-25)68-11-8-32(33,34)35)42(15-37-20)27-22(45)21(44)17(56-27)14-55-64(48,49)61-66(52,53)62-65(50,51)60-63(47)54-13-18-23-24(59-29(58-23)16-5-3-2-4-6-16)28(57-18)41-10-7-19(43)38-31(41)46/h2-7,10,15,17-18,21-24,27-29,44-45,63H,8-9,11-14H2,1H3,(H,48,49)(H,50,51)(H,52,53)(H,36,39,40)(H,38,43,46)/t17-,18-,21-,22-,23-,24-,27-,28-,29?/m1/s1. The van der Waals surface area contributed by atoms with E-state index >= 15 is 0 Å². The number of rotatable bonds is 22. The maximum atomic E-state index is 12.9. The predicted molar refractivity (Wildman–Crippen MR) is 227 cm³/mol. The molecule has 0 spiro atoms. The molecule has 5 unspecified atom stereocenters. The van der Waals surface area contributed by atoms with Gasteiger partial charge in [0, 0.05) is 35.9 Å². The fraction of sp³-hybridized carbons (Fsp3) is 0.531. The summed E-state index contributed by atoms with van der Waals surface area (Å²) in [5.41, 5.74) is -0.971. The Morgan fingerprint density at radius 2 is 1.59 bits per heavy atom. The highest BCUT2D eigenvalue weighted by Gasteiger charge is 2.54. The van der Waals surface area contributed by atoms with Crippen LogP contribution in [0.2, 0.25) is 0 Å². The minimum absolute atomic E-state index is 0.0543. The minimum atomic E-state index is -6.16. The highest BCUT2D eigenvalue weighted by Crippen LogP contribution is 2.69. The first kappa shape index (κ1) is 52.9. The van der Waals surface area contributed by atoms with E-state index in [1.807, 2.05) is 6.26 Å². The number of fused-ring (bicyclic) bond motifs is 2. The van der Waals surface area contributed by atoms with E-state index in [0.29, 0.717) is 29.6 Å². The van der Waals surface area contributed by atoms with Crippen LogP contribution in [0.5, 0.6) is 0 Å². The third-order valence-electron chi connectivity index (χ3n) is 9.64. The molecular formula is C32H40F3N7O20P4S2. The van der Waals surface area contributed by atoms with Gasteiger partial charge in [-0.2, -0.15) is 33.6 Å². The first-order valence-electron chi connectivity index (χ1n) is 19.5. The van der Waals surface area contributed by atoms with Crippen molar-refractivity contribution in [2.75, 3.05) is 42.8 Å². The maximum Gasteiger partial charge on any atom is 0.490 e. The Bertz CT molecular complexity index is 2710. The number of imidazole rings is 1. The largest absolute Gasteiger partial charge is 0.490 e. The summed E-state index contributed by atoms with van der Waals surface area (Å²) >= 11 is 2.17. The Kier molecular flexibility index (Phi) is 17.0. The molecule has 3 aliphatic rings. The highest BCUT2D eigenvalue weighted by molar-refractivity contribution is 7.99.